The van der Waals surface area contributed by atoms with E-state index in [1.807, 2.05) is 30.3 Å². The minimum absolute atomic E-state index is 0.0840. The van der Waals surface area contributed by atoms with Gasteiger partial charge in [0.05, 0.1) is 0 Å². The third-order valence-corrected chi connectivity index (χ3v) is 6.84. The van der Waals surface area contributed by atoms with Crippen LogP contribution < -0.4 is 9.47 Å². The average molecular weight is 390 g/mol. The van der Waals surface area contributed by atoms with Crippen LogP contribution >= 0.6 is 0 Å². The molecule has 3 atom stereocenters. The van der Waals surface area contributed by atoms with Crippen molar-refractivity contribution in [2.75, 3.05) is 0 Å². The van der Waals surface area contributed by atoms with Crippen LogP contribution in [0, 0.1) is 5.92 Å². The van der Waals surface area contributed by atoms with Crippen LogP contribution in [0.15, 0.2) is 42.5 Å². The van der Waals surface area contributed by atoms with Crippen molar-refractivity contribution in [3.8, 4) is 17.2 Å². The molecule has 0 radical (unpaired) electrons. The van der Waals surface area contributed by atoms with Gasteiger partial charge in [-0.3, -0.25) is 4.79 Å². The van der Waals surface area contributed by atoms with Gasteiger partial charge in [0, 0.05) is 23.5 Å². The van der Waals surface area contributed by atoms with Gasteiger partial charge in [-0.25, -0.2) is 0 Å². The molecule has 0 spiro atoms. The number of carbonyl (C=O) groups excluding carboxylic acids is 1. The van der Waals surface area contributed by atoms with E-state index in [0.29, 0.717) is 17.4 Å². The fourth-order valence-electron chi connectivity index (χ4n) is 5.44. The number of rotatable bonds is 3. The van der Waals surface area contributed by atoms with Gasteiger partial charge < -0.3 is 14.6 Å². The van der Waals surface area contributed by atoms with E-state index >= 15 is 0 Å². The van der Waals surface area contributed by atoms with Gasteiger partial charge in [-0.2, -0.15) is 0 Å². The van der Waals surface area contributed by atoms with Gasteiger partial charge in [-0.15, -0.1) is 0 Å². The summed E-state index contributed by atoms with van der Waals surface area (Å²) in [5.74, 6) is 1.47. The second-order valence-corrected chi connectivity index (χ2v) is 9.33. The monoisotopic (exact) mass is 390 g/mol. The molecule has 5 rings (SSSR count). The number of hydrogen-bond donors (Lipinski definition) is 1. The predicted molar refractivity (Wildman–Crippen MR) is 112 cm³/mol. The highest BCUT2D eigenvalue weighted by molar-refractivity contribution is 6.11. The zero-order valence-electron chi connectivity index (χ0n) is 17.1. The molecule has 2 bridgehead atoms. The Morgan fingerprint density at radius 1 is 1.17 bits per heavy atom. The second kappa shape index (κ2) is 6.12. The molecule has 1 aliphatic carbocycles. The summed E-state index contributed by atoms with van der Waals surface area (Å²) in [5, 5.41) is 10.8. The van der Waals surface area contributed by atoms with Gasteiger partial charge in [0.15, 0.2) is 5.78 Å². The summed E-state index contributed by atoms with van der Waals surface area (Å²) in [6.45, 7) is 6.33. The van der Waals surface area contributed by atoms with Crippen LogP contribution in [0.2, 0.25) is 0 Å². The molecule has 0 aromatic heterocycles. The number of allylic oxidation sites excluding steroid dienone is 1. The summed E-state index contributed by atoms with van der Waals surface area (Å²) < 4.78 is 12.7. The molecule has 0 amide bonds. The summed E-state index contributed by atoms with van der Waals surface area (Å²) in [6, 6.07) is 11.3. The Hall–Kier alpha value is -2.75. The normalized spacial score (nSPS) is 28.5. The van der Waals surface area contributed by atoms with Crippen molar-refractivity contribution < 1.29 is 19.4 Å². The maximum Gasteiger partial charge on any atom is 0.193 e. The molecule has 150 valence electrons. The van der Waals surface area contributed by atoms with Gasteiger partial charge in [-0.05, 0) is 51.7 Å². The SMILES string of the molecule is CC1(C)Oc2c(C(=O)C=Cc3ccccc3)c(O)cc3c2[C@@H]2C[C@@](C)(CC[C@@H]21)O3. The molecular weight excluding hydrogens is 364 g/mol. The third-order valence-electron chi connectivity index (χ3n) is 6.84. The Morgan fingerprint density at radius 2 is 1.93 bits per heavy atom. The molecule has 4 heteroatoms. The number of aromatic hydroxyl groups is 1. The lowest BCUT2D eigenvalue weighted by Crippen LogP contribution is -2.54. The largest absolute Gasteiger partial charge is 0.507 e. The maximum absolute atomic E-state index is 13.1. The summed E-state index contributed by atoms with van der Waals surface area (Å²) >= 11 is 0. The number of ether oxygens (including phenoxy) is 2. The standard InChI is InChI=1S/C25H26O4/c1-24(2)17-11-12-25(3)14-16(17)21-20(28-25)13-19(27)22(23(21)29-24)18(26)10-9-15-7-5-4-6-8-15/h4-10,13,16-17,27H,11-12,14H2,1-3H3/t16-,17+,25-/m1/s1. The van der Waals surface area contributed by atoms with Crippen LogP contribution in [0.25, 0.3) is 6.08 Å². The Kier molecular flexibility index (Phi) is 3.86. The molecule has 29 heavy (non-hydrogen) atoms. The summed E-state index contributed by atoms with van der Waals surface area (Å²) in [7, 11) is 0. The number of phenols is 1. The average Bonchev–Trinajstić information content (AvgIpc) is 2.65. The van der Waals surface area contributed by atoms with Gasteiger partial charge >= 0.3 is 0 Å². The van der Waals surface area contributed by atoms with Crippen molar-refractivity contribution in [3.05, 3.63) is 59.2 Å². The van der Waals surface area contributed by atoms with Crippen molar-refractivity contribution in [1.29, 1.82) is 0 Å². The lowest BCUT2D eigenvalue weighted by atomic mass is 9.61. The molecular formula is C25H26O4. The van der Waals surface area contributed by atoms with Crippen LogP contribution in [0.4, 0.5) is 0 Å². The zero-order chi connectivity index (χ0) is 20.4. The van der Waals surface area contributed by atoms with Crippen LogP contribution in [0.3, 0.4) is 0 Å². The molecule has 0 unspecified atom stereocenters. The summed E-state index contributed by atoms with van der Waals surface area (Å²) in [6.07, 6.45) is 6.19. The fourth-order valence-corrected chi connectivity index (χ4v) is 5.44. The molecule has 0 saturated heterocycles. The highest BCUT2D eigenvalue weighted by Gasteiger charge is 2.55. The Labute approximate surface area is 171 Å². The smallest absolute Gasteiger partial charge is 0.193 e. The van der Waals surface area contributed by atoms with Crippen molar-refractivity contribution >= 4 is 11.9 Å². The lowest BCUT2D eigenvalue weighted by Gasteiger charge is -2.55. The van der Waals surface area contributed by atoms with E-state index < -0.39 is 5.60 Å². The van der Waals surface area contributed by atoms with Crippen molar-refractivity contribution in [3.63, 3.8) is 0 Å². The number of fused-ring (bicyclic) bond motifs is 1. The third kappa shape index (κ3) is 2.85. The minimum atomic E-state index is -0.403. The van der Waals surface area contributed by atoms with E-state index in [4.69, 9.17) is 9.47 Å². The molecule has 2 heterocycles. The van der Waals surface area contributed by atoms with E-state index in [-0.39, 0.29) is 28.6 Å². The topological polar surface area (TPSA) is 55.8 Å². The highest BCUT2D eigenvalue weighted by atomic mass is 16.5. The quantitative estimate of drug-likeness (QED) is 0.556. The zero-order valence-corrected chi connectivity index (χ0v) is 17.1. The number of carbonyl (C=O) groups is 1. The Morgan fingerprint density at radius 3 is 2.69 bits per heavy atom. The first kappa shape index (κ1) is 18.3. The van der Waals surface area contributed by atoms with E-state index in [2.05, 4.69) is 20.8 Å². The molecule has 2 aromatic rings. The van der Waals surface area contributed by atoms with Crippen molar-refractivity contribution in [2.45, 2.75) is 57.2 Å². The fraction of sp³-hybridized carbons (Fsp3) is 0.400. The molecule has 1 saturated carbocycles. The van der Waals surface area contributed by atoms with Gasteiger partial charge in [0.25, 0.3) is 0 Å². The molecule has 1 fully saturated rings. The Bertz CT molecular complexity index is 1020. The number of ketones is 1. The molecule has 2 aromatic carbocycles. The first-order valence-electron chi connectivity index (χ1n) is 10.3. The number of hydrogen-bond acceptors (Lipinski definition) is 4. The van der Waals surface area contributed by atoms with Crippen molar-refractivity contribution in [1.82, 2.24) is 0 Å². The van der Waals surface area contributed by atoms with Crippen LogP contribution in [0.1, 0.15) is 67.4 Å². The molecule has 3 aliphatic rings. The van der Waals surface area contributed by atoms with E-state index in [9.17, 15) is 9.90 Å². The maximum atomic E-state index is 13.1. The number of benzene rings is 2. The highest BCUT2D eigenvalue weighted by Crippen LogP contribution is 2.61. The van der Waals surface area contributed by atoms with Crippen LogP contribution in [-0.4, -0.2) is 22.1 Å². The molecule has 4 nitrogen and oxygen atoms in total. The molecule has 2 aliphatic heterocycles. The number of phenolic OH excluding ortho intramolecular Hbond substituents is 1. The van der Waals surface area contributed by atoms with Gasteiger partial charge in [-0.1, -0.05) is 36.4 Å². The first-order chi connectivity index (χ1) is 13.8. The predicted octanol–water partition coefficient (Wildman–Crippen LogP) is 5.49. The molecule has 1 N–H and O–H groups in total. The van der Waals surface area contributed by atoms with Crippen molar-refractivity contribution in [2.24, 2.45) is 5.92 Å². The second-order valence-electron chi connectivity index (χ2n) is 9.33. The van der Waals surface area contributed by atoms with Gasteiger partial charge in [0.1, 0.15) is 34.0 Å². The summed E-state index contributed by atoms with van der Waals surface area (Å²) in [5.41, 5.74) is 1.50. The van der Waals surface area contributed by atoms with E-state index in [0.717, 1.165) is 30.4 Å². The van der Waals surface area contributed by atoms with E-state index in [1.165, 1.54) is 6.08 Å². The van der Waals surface area contributed by atoms with E-state index in [1.54, 1.807) is 12.1 Å². The van der Waals surface area contributed by atoms with Gasteiger partial charge in [0.2, 0.25) is 0 Å². The Balaban J connectivity index is 1.63. The lowest BCUT2D eigenvalue weighted by molar-refractivity contribution is -0.0731. The minimum Gasteiger partial charge on any atom is -0.507 e. The summed E-state index contributed by atoms with van der Waals surface area (Å²) in [4.78, 5) is 13.1. The first-order valence-corrected chi connectivity index (χ1v) is 10.3. The van der Waals surface area contributed by atoms with Crippen LogP contribution in [-0.2, 0) is 0 Å². The van der Waals surface area contributed by atoms with Crippen LogP contribution in [0.5, 0.6) is 17.2 Å².